The van der Waals surface area contributed by atoms with Crippen molar-refractivity contribution >= 4 is 11.6 Å². The normalized spacial score (nSPS) is 10.6. The van der Waals surface area contributed by atoms with E-state index in [4.69, 9.17) is 16.9 Å². The molecule has 0 aliphatic rings. The number of benzene rings is 2. The zero-order valence-electron chi connectivity index (χ0n) is 15.6. The second-order valence-electron chi connectivity index (χ2n) is 6.75. The zero-order valence-corrected chi connectivity index (χ0v) is 16.3. The number of halogens is 1. The van der Waals surface area contributed by atoms with E-state index in [1.54, 1.807) is 12.1 Å². The molecule has 0 fully saturated rings. The predicted molar refractivity (Wildman–Crippen MR) is 113 cm³/mol. The molecule has 3 aromatic rings. The fourth-order valence-corrected chi connectivity index (χ4v) is 3.34. The van der Waals surface area contributed by atoms with E-state index in [1.807, 2.05) is 18.3 Å². The van der Waals surface area contributed by atoms with Gasteiger partial charge in [-0.25, -0.2) is 0 Å². The topological polar surface area (TPSA) is 36.7 Å². The molecule has 2 aromatic carbocycles. The molecule has 0 amide bonds. The minimum Gasteiger partial charge on any atom is -0.256 e. The number of unbranched alkanes of at least 4 members (excludes halogenated alkanes) is 3. The molecule has 3 rings (SSSR count). The summed E-state index contributed by atoms with van der Waals surface area (Å²) < 4.78 is 0. The number of hydrogen-bond donors (Lipinski definition) is 0. The van der Waals surface area contributed by atoms with E-state index in [0.717, 1.165) is 23.2 Å². The van der Waals surface area contributed by atoms with Gasteiger partial charge in [-0.1, -0.05) is 74.2 Å². The van der Waals surface area contributed by atoms with Gasteiger partial charge in [-0.05, 0) is 42.2 Å². The summed E-state index contributed by atoms with van der Waals surface area (Å²) in [5.74, 6) is 0. The van der Waals surface area contributed by atoms with E-state index < -0.39 is 0 Å². The van der Waals surface area contributed by atoms with Gasteiger partial charge in [-0.2, -0.15) is 5.26 Å². The van der Waals surface area contributed by atoms with Gasteiger partial charge < -0.3 is 0 Å². The van der Waals surface area contributed by atoms with Crippen LogP contribution in [0.3, 0.4) is 0 Å². The molecule has 136 valence electrons. The van der Waals surface area contributed by atoms with Crippen LogP contribution < -0.4 is 0 Å². The fourth-order valence-electron chi connectivity index (χ4n) is 3.12. The van der Waals surface area contributed by atoms with Crippen LogP contribution in [-0.2, 0) is 6.42 Å². The van der Waals surface area contributed by atoms with Crippen molar-refractivity contribution in [2.45, 2.75) is 39.0 Å². The van der Waals surface area contributed by atoms with E-state index in [9.17, 15) is 0 Å². The minimum absolute atomic E-state index is 0.454. The maximum Gasteiger partial charge on any atom is 0.101 e. The number of nitriles is 1. The molecular weight excluding hydrogens is 352 g/mol. The molecule has 0 saturated heterocycles. The third-order valence-electron chi connectivity index (χ3n) is 4.76. The van der Waals surface area contributed by atoms with E-state index in [0.29, 0.717) is 10.6 Å². The van der Waals surface area contributed by atoms with Crippen molar-refractivity contribution in [1.29, 1.82) is 5.26 Å². The van der Waals surface area contributed by atoms with E-state index >= 15 is 0 Å². The monoisotopic (exact) mass is 374 g/mol. The molecule has 0 unspecified atom stereocenters. The first-order valence-electron chi connectivity index (χ1n) is 9.46. The molecule has 1 aromatic heterocycles. The largest absolute Gasteiger partial charge is 0.256 e. The molecule has 0 N–H and O–H groups in total. The Kier molecular flexibility index (Phi) is 6.63. The average molecular weight is 375 g/mol. The molecule has 0 aliphatic heterocycles. The van der Waals surface area contributed by atoms with Gasteiger partial charge in [0.15, 0.2) is 0 Å². The fraction of sp³-hybridized carbons (Fsp3) is 0.250. The molecule has 0 aliphatic carbocycles. The van der Waals surface area contributed by atoms with Crippen LogP contribution in [0, 0.1) is 11.3 Å². The van der Waals surface area contributed by atoms with Gasteiger partial charge >= 0.3 is 0 Å². The number of nitrogens with zero attached hydrogens (tertiary/aromatic N) is 2. The summed E-state index contributed by atoms with van der Waals surface area (Å²) in [6, 6.07) is 20.3. The van der Waals surface area contributed by atoms with E-state index in [1.165, 1.54) is 36.8 Å². The van der Waals surface area contributed by atoms with Crippen LogP contribution >= 0.6 is 11.6 Å². The van der Waals surface area contributed by atoms with Crippen LogP contribution in [0.4, 0.5) is 0 Å². The summed E-state index contributed by atoms with van der Waals surface area (Å²) in [6.07, 6.45) is 8.20. The maximum atomic E-state index is 8.98. The first-order valence-corrected chi connectivity index (χ1v) is 9.84. The minimum atomic E-state index is 0.454. The Hall–Kier alpha value is -2.63. The zero-order chi connectivity index (χ0) is 19.1. The molecule has 0 radical (unpaired) electrons. The summed E-state index contributed by atoms with van der Waals surface area (Å²) >= 11 is 6.12. The summed E-state index contributed by atoms with van der Waals surface area (Å²) in [5.41, 5.74) is 5.89. The van der Waals surface area contributed by atoms with Crippen molar-refractivity contribution in [3.8, 4) is 28.5 Å². The van der Waals surface area contributed by atoms with Crippen molar-refractivity contribution in [3.63, 3.8) is 0 Å². The molecular formula is C24H23ClN2. The van der Waals surface area contributed by atoms with Gasteiger partial charge in [0.25, 0.3) is 0 Å². The second kappa shape index (κ2) is 9.35. The van der Waals surface area contributed by atoms with Crippen LogP contribution in [0.2, 0.25) is 5.02 Å². The average Bonchev–Trinajstić information content (AvgIpc) is 2.72. The smallest absolute Gasteiger partial charge is 0.101 e. The molecule has 1 heterocycles. The van der Waals surface area contributed by atoms with Crippen molar-refractivity contribution in [3.05, 3.63) is 76.9 Å². The van der Waals surface area contributed by atoms with Gasteiger partial charge in [-0.15, -0.1) is 0 Å². The molecule has 0 saturated carbocycles. The van der Waals surface area contributed by atoms with Gasteiger partial charge in [-0.3, -0.25) is 4.98 Å². The van der Waals surface area contributed by atoms with Gasteiger partial charge in [0.1, 0.15) is 6.07 Å². The number of rotatable bonds is 7. The molecule has 0 bridgehead atoms. The lowest BCUT2D eigenvalue weighted by Crippen LogP contribution is -1.88. The molecule has 0 spiro atoms. The summed E-state index contributed by atoms with van der Waals surface area (Å²) in [5, 5.41) is 9.44. The van der Waals surface area contributed by atoms with E-state index in [2.05, 4.69) is 48.3 Å². The Bertz CT molecular complexity index is 922. The third kappa shape index (κ3) is 4.96. The Balaban J connectivity index is 1.70. The highest BCUT2D eigenvalue weighted by Crippen LogP contribution is 2.26. The summed E-state index contributed by atoms with van der Waals surface area (Å²) in [7, 11) is 0. The first-order chi connectivity index (χ1) is 13.2. The Morgan fingerprint density at radius 3 is 2.26 bits per heavy atom. The van der Waals surface area contributed by atoms with Gasteiger partial charge in [0, 0.05) is 17.3 Å². The lowest BCUT2D eigenvalue weighted by atomic mass is 10.0. The lowest BCUT2D eigenvalue weighted by molar-refractivity contribution is 0.667. The van der Waals surface area contributed by atoms with Crippen LogP contribution in [0.1, 0.15) is 43.7 Å². The van der Waals surface area contributed by atoms with Gasteiger partial charge in [0.05, 0.1) is 16.3 Å². The highest BCUT2D eigenvalue weighted by atomic mass is 35.5. The van der Waals surface area contributed by atoms with Gasteiger partial charge in [0.2, 0.25) is 0 Å². The van der Waals surface area contributed by atoms with Crippen molar-refractivity contribution in [1.82, 2.24) is 4.98 Å². The van der Waals surface area contributed by atoms with Crippen molar-refractivity contribution in [2.75, 3.05) is 0 Å². The molecule has 2 nitrogen and oxygen atoms in total. The number of aryl methyl sites for hydroxylation is 1. The SMILES string of the molecule is CCCCCCc1ccc(-c2ccc(-c3ccc(C#N)c(Cl)c3)nc2)cc1. The molecule has 3 heteroatoms. The first kappa shape index (κ1) is 19.1. The molecule has 27 heavy (non-hydrogen) atoms. The third-order valence-corrected chi connectivity index (χ3v) is 5.07. The van der Waals surface area contributed by atoms with Crippen molar-refractivity contribution in [2.24, 2.45) is 0 Å². The molecule has 0 atom stereocenters. The standard InChI is InChI=1S/C24H23ClN2/c1-2-3-4-5-6-18-7-9-19(10-8-18)22-13-14-24(27-17-22)20-11-12-21(16-26)23(25)15-20/h7-15,17H,2-6H2,1H3. The summed E-state index contributed by atoms with van der Waals surface area (Å²) in [4.78, 5) is 4.57. The van der Waals surface area contributed by atoms with Crippen LogP contribution in [0.25, 0.3) is 22.4 Å². The number of pyridine rings is 1. The van der Waals surface area contributed by atoms with Crippen LogP contribution in [0.5, 0.6) is 0 Å². The Morgan fingerprint density at radius 1 is 0.889 bits per heavy atom. The Morgan fingerprint density at radius 2 is 1.63 bits per heavy atom. The van der Waals surface area contributed by atoms with E-state index in [-0.39, 0.29) is 0 Å². The number of hydrogen-bond acceptors (Lipinski definition) is 2. The van der Waals surface area contributed by atoms with Crippen LogP contribution in [0.15, 0.2) is 60.8 Å². The quantitative estimate of drug-likeness (QED) is 0.415. The number of aromatic nitrogens is 1. The maximum absolute atomic E-state index is 8.98. The highest BCUT2D eigenvalue weighted by molar-refractivity contribution is 6.32. The van der Waals surface area contributed by atoms with Crippen molar-refractivity contribution < 1.29 is 0 Å². The predicted octanol–water partition coefficient (Wildman–Crippen LogP) is 7.06. The highest BCUT2D eigenvalue weighted by Gasteiger charge is 2.05. The summed E-state index contributed by atoms with van der Waals surface area (Å²) in [6.45, 7) is 2.24. The Labute approximate surface area is 166 Å². The lowest BCUT2D eigenvalue weighted by Gasteiger charge is -2.07. The second-order valence-corrected chi connectivity index (χ2v) is 7.15. The van der Waals surface area contributed by atoms with Crippen LogP contribution in [-0.4, -0.2) is 4.98 Å².